The fourth-order valence-electron chi connectivity index (χ4n) is 2.61. The summed E-state index contributed by atoms with van der Waals surface area (Å²) in [4.78, 5) is 23.1. The van der Waals surface area contributed by atoms with Gasteiger partial charge in [0.15, 0.2) is 5.16 Å². The molecule has 0 fully saturated rings. The summed E-state index contributed by atoms with van der Waals surface area (Å²) in [6.07, 6.45) is 4.42. The third-order valence-corrected chi connectivity index (χ3v) is 4.83. The van der Waals surface area contributed by atoms with Crippen molar-refractivity contribution in [3.63, 3.8) is 0 Å². The third-order valence-electron chi connectivity index (χ3n) is 3.86. The van der Waals surface area contributed by atoms with Crippen molar-refractivity contribution in [2.75, 3.05) is 11.1 Å². The van der Waals surface area contributed by atoms with Crippen molar-refractivity contribution < 1.29 is 9.59 Å². The number of nitrogens with two attached hydrogens (primary N) is 1. The summed E-state index contributed by atoms with van der Waals surface area (Å²) in [6.45, 7) is 0.918. The molecule has 0 saturated carbocycles. The van der Waals surface area contributed by atoms with Crippen molar-refractivity contribution in [2.45, 2.75) is 37.4 Å². The van der Waals surface area contributed by atoms with Crippen LogP contribution in [0.4, 0.5) is 5.69 Å². The predicted octanol–water partition coefficient (Wildman–Crippen LogP) is 1.83. The fraction of sp³-hybridized carbons (Fsp3) is 0.375. The van der Waals surface area contributed by atoms with Crippen LogP contribution in [0.1, 0.15) is 35.4 Å². The quantitative estimate of drug-likeness (QED) is 0.805. The van der Waals surface area contributed by atoms with Gasteiger partial charge < -0.3 is 15.6 Å². The van der Waals surface area contributed by atoms with E-state index in [9.17, 15) is 9.59 Å². The number of nitrogens with one attached hydrogen (secondary N) is 1. The molecule has 0 atom stereocenters. The number of carbonyl (C=O) groups is 2. The van der Waals surface area contributed by atoms with Gasteiger partial charge >= 0.3 is 0 Å². The van der Waals surface area contributed by atoms with Crippen LogP contribution in [0.25, 0.3) is 0 Å². The minimum atomic E-state index is -0.490. The number of hydrogen-bond donors (Lipinski definition) is 2. The average Bonchev–Trinajstić information content (AvgIpc) is 2.80. The van der Waals surface area contributed by atoms with Crippen molar-refractivity contribution in [1.29, 1.82) is 0 Å². The first-order chi connectivity index (χ1) is 11.6. The Morgan fingerprint density at radius 2 is 1.96 bits per heavy atom. The molecule has 1 aliphatic heterocycles. The molecule has 1 aliphatic rings. The van der Waals surface area contributed by atoms with Gasteiger partial charge in [0.05, 0.1) is 5.75 Å². The first kappa shape index (κ1) is 16.5. The Hall–Kier alpha value is -2.35. The van der Waals surface area contributed by atoms with Gasteiger partial charge in [0.2, 0.25) is 11.8 Å². The van der Waals surface area contributed by atoms with Crippen LogP contribution < -0.4 is 11.1 Å². The summed E-state index contributed by atoms with van der Waals surface area (Å²) < 4.78 is 2.12. The Morgan fingerprint density at radius 1 is 1.17 bits per heavy atom. The second-order valence-corrected chi connectivity index (χ2v) is 6.58. The van der Waals surface area contributed by atoms with E-state index in [1.807, 2.05) is 0 Å². The highest BCUT2D eigenvalue weighted by molar-refractivity contribution is 7.99. The average molecular weight is 345 g/mol. The number of hydrogen-bond acceptors (Lipinski definition) is 5. The molecule has 1 aromatic heterocycles. The lowest BCUT2D eigenvalue weighted by Crippen LogP contribution is -2.15. The minimum Gasteiger partial charge on any atom is -0.366 e. The molecule has 2 aromatic rings. The Morgan fingerprint density at radius 3 is 2.71 bits per heavy atom. The third kappa shape index (κ3) is 3.94. The number of anilines is 1. The van der Waals surface area contributed by atoms with Crippen molar-refractivity contribution in [3.05, 3.63) is 35.7 Å². The number of fused-ring (bicyclic) bond motifs is 1. The Labute approximate surface area is 144 Å². The Balaban J connectivity index is 1.56. The number of thioether (sulfide) groups is 1. The number of amides is 2. The van der Waals surface area contributed by atoms with Crippen LogP contribution in [0.15, 0.2) is 29.4 Å². The van der Waals surface area contributed by atoms with Crippen LogP contribution >= 0.6 is 11.8 Å². The van der Waals surface area contributed by atoms with E-state index in [0.717, 1.165) is 36.8 Å². The normalized spacial score (nSPS) is 13.8. The molecule has 1 aromatic carbocycles. The molecule has 0 spiro atoms. The van der Waals surface area contributed by atoms with Crippen molar-refractivity contribution in [1.82, 2.24) is 14.8 Å². The van der Waals surface area contributed by atoms with Crippen molar-refractivity contribution in [2.24, 2.45) is 5.73 Å². The molecule has 2 amide bonds. The summed E-state index contributed by atoms with van der Waals surface area (Å²) in [6, 6.07) is 6.49. The fourth-order valence-corrected chi connectivity index (χ4v) is 3.39. The number of primary amides is 1. The molecule has 7 nitrogen and oxygen atoms in total. The predicted molar refractivity (Wildman–Crippen MR) is 91.9 cm³/mol. The number of carbonyl (C=O) groups excluding carboxylic acids is 2. The van der Waals surface area contributed by atoms with Crippen molar-refractivity contribution >= 4 is 29.3 Å². The smallest absolute Gasteiger partial charge is 0.248 e. The van der Waals surface area contributed by atoms with Gasteiger partial charge in [-0.15, -0.1) is 10.2 Å². The van der Waals surface area contributed by atoms with Crippen LogP contribution in [0.2, 0.25) is 0 Å². The molecule has 24 heavy (non-hydrogen) atoms. The van der Waals surface area contributed by atoms with Gasteiger partial charge in [-0.05, 0) is 37.1 Å². The zero-order valence-electron chi connectivity index (χ0n) is 13.2. The van der Waals surface area contributed by atoms with Crippen molar-refractivity contribution in [3.8, 4) is 0 Å². The van der Waals surface area contributed by atoms with Gasteiger partial charge in [0, 0.05) is 24.2 Å². The lowest BCUT2D eigenvalue weighted by atomic mass is 10.2. The number of aromatic nitrogens is 3. The van der Waals surface area contributed by atoms with Gasteiger partial charge in [-0.2, -0.15) is 0 Å². The van der Waals surface area contributed by atoms with E-state index < -0.39 is 5.91 Å². The lowest BCUT2D eigenvalue weighted by molar-refractivity contribution is -0.113. The van der Waals surface area contributed by atoms with Gasteiger partial charge in [0.1, 0.15) is 5.82 Å². The summed E-state index contributed by atoms with van der Waals surface area (Å²) in [5, 5.41) is 12.0. The second-order valence-electron chi connectivity index (χ2n) is 5.64. The Bertz CT molecular complexity index is 741. The highest BCUT2D eigenvalue weighted by atomic mass is 32.2. The number of nitrogens with zero attached hydrogens (tertiary/aromatic N) is 3. The molecule has 3 N–H and O–H groups in total. The molecular formula is C16H19N5O2S. The second kappa shape index (κ2) is 7.48. The summed E-state index contributed by atoms with van der Waals surface area (Å²) in [7, 11) is 0. The SMILES string of the molecule is NC(=O)c1ccc(NC(=O)CSc2nnc3n2CCCCC3)cc1. The van der Waals surface area contributed by atoms with Gasteiger partial charge in [-0.3, -0.25) is 9.59 Å². The Kier molecular flexibility index (Phi) is 5.14. The van der Waals surface area contributed by atoms with Crippen LogP contribution in [-0.4, -0.2) is 32.3 Å². The summed E-state index contributed by atoms with van der Waals surface area (Å²) in [5.41, 5.74) is 6.23. The molecule has 0 aliphatic carbocycles. The standard InChI is InChI=1S/C16H19N5O2S/c17-15(23)11-5-7-12(8-6-11)18-14(22)10-24-16-20-19-13-4-2-1-3-9-21(13)16/h5-8H,1-4,9-10H2,(H2,17,23)(H,18,22). The first-order valence-corrected chi connectivity index (χ1v) is 8.86. The molecule has 0 saturated heterocycles. The molecule has 8 heteroatoms. The largest absolute Gasteiger partial charge is 0.366 e. The van der Waals surface area contributed by atoms with Crippen LogP contribution in [0, 0.1) is 0 Å². The number of rotatable bonds is 5. The van der Waals surface area contributed by atoms with E-state index in [2.05, 4.69) is 20.1 Å². The van der Waals surface area contributed by atoms with Gasteiger partial charge in [0.25, 0.3) is 0 Å². The number of aryl methyl sites for hydroxylation is 1. The topological polar surface area (TPSA) is 103 Å². The first-order valence-electron chi connectivity index (χ1n) is 7.88. The number of benzene rings is 1. The summed E-state index contributed by atoms with van der Waals surface area (Å²) >= 11 is 1.39. The maximum absolute atomic E-state index is 12.1. The maximum atomic E-state index is 12.1. The molecule has 0 radical (unpaired) electrons. The van der Waals surface area contributed by atoms with E-state index in [1.165, 1.54) is 18.2 Å². The monoisotopic (exact) mass is 345 g/mol. The van der Waals surface area contributed by atoms with E-state index in [0.29, 0.717) is 11.3 Å². The van der Waals surface area contributed by atoms with E-state index >= 15 is 0 Å². The molecular weight excluding hydrogens is 326 g/mol. The van der Waals surface area contributed by atoms with Crippen LogP contribution in [0.5, 0.6) is 0 Å². The van der Waals surface area contributed by atoms with E-state index in [1.54, 1.807) is 24.3 Å². The van der Waals surface area contributed by atoms with E-state index in [4.69, 9.17) is 5.73 Å². The molecule has 0 unspecified atom stereocenters. The van der Waals surface area contributed by atoms with Crippen LogP contribution in [0.3, 0.4) is 0 Å². The zero-order chi connectivity index (χ0) is 16.9. The van der Waals surface area contributed by atoms with Gasteiger partial charge in [-0.1, -0.05) is 18.2 Å². The molecule has 3 rings (SSSR count). The molecule has 2 heterocycles. The maximum Gasteiger partial charge on any atom is 0.248 e. The lowest BCUT2D eigenvalue weighted by Gasteiger charge is -2.07. The molecule has 0 bridgehead atoms. The van der Waals surface area contributed by atoms with E-state index in [-0.39, 0.29) is 11.7 Å². The zero-order valence-corrected chi connectivity index (χ0v) is 14.0. The molecule has 126 valence electrons. The minimum absolute atomic E-state index is 0.127. The van der Waals surface area contributed by atoms with Gasteiger partial charge in [-0.25, -0.2) is 0 Å². The highest BCUT2D eigenvalue weighted by Gasteiger charge is 2.16. The highest BCUT2D eigenvalue weighted by Crippen LogP contribution is 2.22. The van der Waals surface area contributed by atoms with Crippen LogP contribution in [-0.2, 0) is 17.8 Å². The summed E-state index contributed by atoms with van der Waals surface area (Å²) in [5.74, 6) is 0.654.